The van der Waals surface area contributed by atoms with Gasteiger partial charge in [0.2, 0.25) is 5.91 Å². The Morgan fingerprint density at radius 2 is 1.76 bits per heavy atom. The topological polar surface area (TPSA) is 84.0 Å². The molecule has 2 aromatic carbocycles. The molecule has 1 heterocycles. The Morgan fingerprint density at radius 3 is 2.45 bits per heavy atom. The zero-order valence-corrected chi connectivity index (χ0v) is 17.3. The second-order valence-electron chi connectivity index (χ2n) is 6.19. The van der Waals surface area contributed by atoms with Crippen LogP contribution in [0.5, 0.6) is 0 Å². The van der Waals surface area contributed by atoms with E-state index in [0.29, 0.717) is 33.7 Å². The van der Waals surface area contributed by atoms with E-state index >= 15 is 0 Å². The van der Waals surface area contributed by atoms with Gasteiger partial charge in [-0.05, 0) is 48.9 Å². The van der Waals surface area contributed by atoms with Crippen LogP contribution in [0.15, 0.2) is 66.0 Å². The van der Waals surface area contributed by atoms with Crippen LogP contribution in [0.1, 0.15) is 22.8 Å². The Kier molecular flexibility index (Phi) is 7.21. The Morgan fingerprint density at radius 1 is 1.03 bits per heavy atom. The molecule has 29 heavy (non-hydrogen) atoms. The number of halogens is 1. The SMILES string of the molecule is CC(=O)c1ccc(NC(=O)CSc2cc(NCc3ccc(Cl)cc3)ncn2)cc1. The van der Waals surface area contributed by atoms with E-state index in [-0.39, 0.29) is 17.4 Å². The number of benzene rings is 2. The molecule has 0 bridgehead atoms. The third-order valence-electron chi connectivity index (χ3n) is 3.96. The highest BCUT2D eigenvalue weighted by Crippen LogP contribution is 2.19. The van der Waals surface area contributed by atoms with E-state index in [4.69, 9.17) is 11.6 Å². The minimum absolute atomic E-state index is 0.0114. The summed E-state index contributed by atoms with van der Waals surface area (Å²) in [5.41, 5.74) is 2.34. The number of aromatic nitrogens is 2. The summed E-state index contributed by atoms with van der Waals surface area (Å²) in [6, 6.07) is 16.2. The smallest absolute Gasteiger partial charge is 0.234 e. The molecule has 0 aliphatic rings. The molecule has 8 heteroatoms. The van der Waals surface area contributed by atoms with Gasteiger partial charge in [-0.25, -0.2) is 9.97 Å². The summed E-state index contributed by atoms with van der Waals surface area (Å²) < 4.78 is 0. The van der Waals surface area contributed by atoms with Crippen LogP contribution >= 0.6 is 23.4 Å². The molecule has 0 atom stereocenters. The third kappa shape index (κ3) is 6.58. The number of nitrogens with zero attached hydrogens (tertiary/aromatic N) is 2. The van der Waals surface area contributed by atoms with E-state index < -0.39 is 0 Å². The Hall–Kier alpha value is -2.90. The molecule has 1 aromatic heterocycles. The fourth-order valence-electron chi connectivity index (χ4n) is 2.43. The van der Waals surface area contributed by atoms with Crippen LogP contribution < -0.4 is 10.6 Å². The maximum atomic E-state index is 12.2. The van der Waals surface area contributed by atoms with Crippen molar-refractivity contribution in [2.24, 2.45) is 0 Å². The lowest BCUT2D eigenvalue weighted by Crippen LogP contribution is -2.14. The molecule has 0 fully saturated rings. The molecule has 0 aliphatic carbocycles. The molecule has 3 aromatic rings. The molecule has 0 radical (unpaired) electrons. The Bertz CT molecular complexity index is 994. The molecule has 0 unspecified atom stereocenters. The summed E-state index contributed by atoms with van der Waals surface area (Å²) in [5, 5.41) is 7.42. The fourth-order valence-corrected chi connectivity index (χ4v) is 3.23. The molecule has 0 saturated carbocycles. The number of amides is 1. The van der Waals surface area contributed by atoms with Gasteiger partial charge in [-0.3, -0.25) is 9.59 Å². The van der Waals surface area contributed by atoms with E-state index in [1.165, 1.54) is 25.0 Å². The van der Waals surface area contributed by atoms with Crippen molar-refractivity contribution in [3.8, 4) is 0 Å². The molecular weight excluding hydrogens is 408 g/mol. The first-order valence-electron chi connectivity index (χ1n) is 8.83. The highest BCUT2D eigenvalue weighted by atomic mass is 35.5. The van der Waals surface area contributed by atoms with E-state index in [0.717, 1.165) is 5.56 Å². The summed E-state index contributed by atoms with van der Waals surface area (Å²) in [6.45, 7) is 2.11. The summed E-state index contributed by atoms with van der Waals surface area (Å²) in [5.74, 6) is 0.724. The molecule has 3 rings (SSSR count). The number of hydrogen-bond acceptors (Lipinski definition) is 6. The van der Waals surface area contributed by atoms with Gasteiger partial charge in [-0.2, -0.15) is 0 Å². The number of anilines is 2. The van der Waals surface area contributed by atoms with Crippen LogP contribution in [0.25, 0.3) is 0 Å². The zero-order chi connectivity index (χ0) is 20.6. The van der Waals surface area contributed by atoms with Gasteiger partial charge in [0.25, 0.3) is 0 Å². The van der Waals surface area contributed by atoms with E-state index in [1.807, 2.05) is 24.3 Å². The molecule has 0 aliphatic heterocycles. The molecule has 0 spiro atoms. The lowest BCUT2D eigenvalue weighted by Gasteiger charge is -2.08. The Labute approximate surface area is 178 Å². The number of hydrogen-bond donors (Lipinski definition) is 2. The monoisotopic (exact) mass is 426 g/mol. The van der Waals surface area contributed by atoms with Crippen molar-refractivity contribution in [3.63, 3.8) is 0 Å². The number of carbonyl (C=O) groups is 2. The lowest BCUT2D eigenvalue weighted by atomic mass is 10.1. The van der Waals surface area contributed by atoms with Gasteiger partial charge in [-0.1, -0.05) is 35.5 Å². The normalized spacial score (nSPS) is 10.4. The van der Waals surface area contributed by atoms with Crippen molar-refractivity contribution in [1.82, 2.24) is 9.97 Å². The number of ketones is 1. The lowest BCUT2D eigenvalue weighted by molar-refractivity contribution is -0.113. The van der Waals surface area contributed by atoms with Gasteiger partial charge in [-0.15, -0.1) is 0 Å². The third-order valence-corrected chi connectivity index (χ3v) is 5.13. The van der Waals surface area contributed by atoms with Crippen LogP contribution in [0.2, 0.25) is 5.02 Å². The van der Waals surface area contributed by atoms with Crippen molar-refractivity contribution >= 4 is 46.6 Å². The maximum Gasteiger partial charge on any atom is 0.234 e. The summed E-state index contributed by atoms with van der Waals surface area (Å²) in [6.07, 6.45) is 1.46. The minimum Gasteiger partial charge on any atom is -0.366 e. The molecular formula is C21H19ClN4O2S. The average Bonchev–Trinajstić information content (AvgIpc) is 2.72. The first-order chi connectivity index (χ1) is 14.0. The highest BCUT2D eigenvalue weighted by Gasteiger charge is 2.07. The summed E-state index contributed by atoms with van der Waals surface area (Å²) in [7, 11) is 0. The van der Waals surface area contributed by atoms with E-state index in [9.17, 15) is 9.59 Å². The first-order valence-corrected chi connectivity index (χ1v) is 10.2. The summed E-state index contributed by atoms with van der Waals surface area (Å²) >= 11 is 7.21. The van der Waals surface area contributed by atoms with Crippen molar-refractivity contribution in [3.05, 3.63) is 77.1 Å². The van der Waals surface area contributed by atoms with Crippen LogP contribution in [0.3, 0.4) is 0 Å². The molecule has 1 amide bonds. The van der Waals surface area contributed by atoms with E-state index in [2.05, 4.69) is 20.6 Å². The number of thioether (sulfide) groups is 1. The van der Waals surface area contributed by atoms with Gasteiger partial charge < -0.3 is 10.6 Å². The largest absolute Gasteiger partial charge is 0.366 e. The van der Waals surface area contributed by atoms with Gasteiger partial charge in [0.15, 0.2) is 5.78 Å². The van der Waals surface area contributed by atoms with Crippen LogP contribution in [-0.4, -0.2) is 27.4 Å². The van der Waals surface area contributed by atoms with Crippen molar-refractivity contribution in [2.45, 2.75) is 18.5 Å². The first kappa shape index (κ1) is 20.8. The Balaban J connectivity index is 1.49. The zero-order valence-electron chi connectivity index (χ0n) is 15.7. The van der Waals surface area contributed by atoms with Crippen LogP contribution in [0.4, 0.5) is 11.5 Å². The quantitative estimate of drug-likeness (QED) is 0.309. The standard InChI is InChI=1S/C21H19ClN4O2S/c1-14(27)16-4-8-18(9-5-16)26-20(28)12-29-21-10-19(24-13-25-21)23-11-15-2-6-17(22)7-3-15/h2-10,13H,11-12H2,1H3,(H,26,28)(H,23,24,25). The minimum atomic E-state index is -0.153. The number of nitrogens with one attached hydrogen (secondary N) is 2. The molecule has 6 nitrogen and oxygen atoms in total. The van der Waals surface area contributed by atoms with Crippen LogP contribution in [0, 0.1) is 0 Å². The van der Waals surface area contributed by atoms with Gasteiger partial charge in [0.05, 0.1) is 5.75 Å². The summed E-state index contributed by atoms with van der Waals surface area (Å²) in [4.78, 5) is 31.8. The van der Waals surface area contributed by atoms with Crippen molar-refractivity contribution in [2.75, 3.05) is 16.4 Å². The van der Waals surface area contributed by atoms with Gasteiger partial charge in [0.1, 0.15) is 17.2 Å². The second-order valence-corrected chi connectivity index (χ2v) is 7.62. The fraction of sp³-hybridized carbons (Fsp3) is 0.143. The van der Waals surface area contributed by atoms with Crippen LogP contribution in [-0.2, 0) is 11.3 Å². The van der Waals surface area contributed by atoms with Crippen molar-refractivity contribution in [1.29, 1.82) is 0 Å². The average molecular weight is 427 g/mol. The second kappa shape index (κ2) is 10.0. The maximum absolute atomic E-state index is 12.2. The predicted octanol–water partition coefficient (Wildman–Crippen LogP) is 4.68. The number of Topliss-reactive ketones (excluding diaryl/α,β-unsaturated/α-hetero) is 1. The number of carbonyl (C=O) groups excluding carboxylic acids is 2. The molecule has 2 N–H and O–H groups in total. The van der Waals surface area contributed by atoms with Crippen molar-refractivity contribution < 1.29 is 9.59 Å². The molecule has 0 saturated heterocycles. The van der Waals surface area contributed by atoms with E-state index in [1.54, 1.807) is 30.3 Å². The highest BCUT2D eigenvalue weighted by molar-refractivity contribution is 7.99. The number of rotatable bonds is 8. The molecule has 148 valence electrons. The predicted molar refractivity (Wildman–Crippen MR) is 117 cm³/mol. The van der Waals surface area contributed by atoms with Gasteiger partial charge >= 0.3 is 0 Å². The van der Waals surface area contributed by atoms with Gasteiger partial charge in [0, 0.05) is 28.9 Å².